The second-order valence-electron chi connectivity index (χ2n) is 5.37. The van der Waals surface area contributed by atoms with Crippen LogP contribution >= 0.6 is 0 Å². The molecule has 0 fully saturated rings. The molecule has 0 saturated heterocycles. The second kappa shape index (κ2) is 5.83. The molecule has 23 heavy (non-hydrogen) atoms. The molecule has 5 heteroatoms. The Morgan fingerprint density at radius 2 is 1.87 bits per heavy atom. The molecule has 1 aromatic heterocycles. The van der Waals surface area contributed by atoms with Crippen LogP contribution in [0.1, 0.15) is 23.0 Å². The van der Waals surface area contributed by atoms with Gasteiger partial charge >= 0.3 is 0 Å². The molecule has 0 aliphatic heterocycles. The Hall–Kier alpha value is -2.69. The van der Waals surface area contributed by atoms with Gasteiger partial charge in [0.25, 0.3) is 0 Å². The minimum atomic E-state index is -1.01. The van der Waals surface area contributed by atoms with Crippen molar-refractivity contribution < 1.29 is 18.3 Å². The first-order valence-corrected chi connectivity index (χ1v) is 7.20. The van der Waals surface area contributed by atoms with Crippen LogP contribution in [0.4, 0.5) is 8.78 Å². The predicted molar refractivity (Wildman–Crippen MR) is 83.8 cm³/mol. The molecule has 0 bridgehead atoms. The molecular weight excluding hydrogens is 300 g/mol. The number of para-hydroxylation sites is 1. The number of aryl methyl sites for hydroxylation is 1. The van der Waals surface area contributed by atoms with E-state index in [9.17, 15) is 13.6 Å². The Balaban J connectivity index is 1.89. The van der Waals surface area contributed by atoms with E-state index in [4.69, 9.17) is 4.74 Å². The first kappa shape index (κ1) is 15.2. The SMILES string of the molecule is Cc1[nH]c2ccccc2c1C(=O)[C@H](C)Oc1ccc(F)c(F)c1. The average Bonchev–Trinajstić information content (AvgIpc) is 2.86. The second-order valence-corrected chi connectivity index (χ2v) is 5.37. The quantitative estimate of drug-likeness (QED) is 0.725. The monoisotopic (exact) mass is 315 g/mol. The van der Waals surface area contributed by atoms with E-state index >= 15 is 0 Å². The number of carbonyl (C=O) groups is 1. The molecule has 3 rings (SSSR count). The number of halogens is 2. The molecule has 0 saturated carbocycles. The summed E-state index contributed by atoms with van der Waals surface area (Å²) in [5, 5.41) is 0.815. The largest absolute Gasteiger partial charge is 0.482 e. The summed E-state index contributed by atoms with van der Waals surface area (Å²) in [5.74, 6) is -2.07. The van der Waals surface area contributed by atoms with Gasteiger partial charge in [0.15, 0.2) is 17.7 Å². The van der Waals surface area contributed by atoms with Gasteiger partial charge in [0.05, 0.1) is 0 Å². The van der Waals surface area contributed by atoms with Crippen molar-refractivity contribution in [3.05, 3.63) is 65.4 Å². The number of carbonyl (C=O) groups excluding carboxylic acids is 1. The van der Waals surface area contributed by atoms with Crippen molar-refractivity contribution in [3.8, 4) is 5.75 Å². The number of aromatic nitrogens is 1. The summed E-state index contributed by atoms with van der Waals surface area (Å²) in [6.07, 6.45) is -0.822. The molecule has 2 aromatic carbocycles. The number of benzene rings is 2. The van der Waals surface area contributed by atoms with E-state index in [0.29, 0.717) is 5.56 Å². The maximum absolute atomic E-state index is 13.2. The first-order valence-electron chi connectivity index (χ1n) is 7.20. The van der Waals surface area contributed by atoms with Gasteiger partial charge in [-0.15, -0.1) is 0 Å². The molecule has 3 aromatic rings. The number of ether oxygens (including phenoxy) is 1. The number of fused-ring (bicyclic) bond motifs is 1. The summed E-state index contributed by atoms with van der Waals surface area (Å²) in [6, 6.07) is 10.7. The van der Waals surface area contributed by atoms with Crippen molar-refractivity contribution in [1.82, 2.24) is 4.98 Å². The maximum atomic E-state index is 13.2. The van der Waals surface area contributed by atoms with Crippen molar-refractivity contribution >= 4 is 16.7 Å². The van der Waals surface area contributed by atoms with Crippen molar-refractivity contribution in [3.63, 3.8) is 0 Å². The van der Waals surface area contributed by atoms with Gasteiger partial charge in [0, 0.05) is 28.2 Å². The fourth-order valence-electron chi connectivity index (χ4n) is 2.61. The predicted octanol–water partition coefficient (Wildman–Crippen LogP) is 4.40. The van der Waals surface area contributed by atoms with Gasteiger partial charge in [-0.2, -0.15) is 0 Å². The molecule has 118 valence electrons. The molecule has 0 unspecified atom stereocenters. The number of nitrogens with one attached hydrogen (secondary N) is 1. The number of hydrogen-bond acceptors (Lipinski definition) is 2. The number of Topliss-reactive ketones (excluding diaryl/α,β-unsaturated/α-hetero) is 1. The molecule has 0 aliphatic carbocycles. The average molecular weight is 315 g/mol. The molecule has 1 heterocycles. The molecule has 3 nitrogen and oxygen atoms in total. The van der Waals surface area contributed by atoms with Gasteiger partial charge in [-0.05, 0) is 32.0 Å². The van der Waals surface area contributed by atoms with Crippen molar-refractivity contribution in [2.24, 2.45) is 0 Å². The normalized spacial score (nSPS) is 12.3. The number of aromatic amines is 1. The first-order chi connectivity index (χ1) is 11.0. The zero-order chi connectivity index (χ0) is 16.6. The molecule has 1 N–H and O–H groups in total. The Bertz CT molecular complexity index is 886. The summed E-state index contributed by atoms with van der Waals surface area (Å²) in [5.41, 5.74) is 2.17. The van der Waals surface area contributed by atoms with E-state index in [1.165, 1.54) is 6.07 Å². The third-order valence-electron chi connectivity index (χ3n) is 3.71. The van der Waals surface area contributed by atoms with Crippen LogP contribution in [0.3, 0.4) is 0 Å². The number of ketones is 1. The lowest BCUT2D eigenvalue weighted by Crippen LogP contribution is -2.24. The van der Waals surface area contributed by atoms with Crippen LogP contribution in [0.2, 0.25) is 0 Å². The van der Waals surface area contributed by atoms with Gasteiger partial charge in [-0.1, -0.05) is 18.2 Å². The highest BCUT2D eigenvalue weighted by Crippen LogP contribution is 2.25. The number of hydrogen-bond donors (Lipinski definition) is 1. The highest BCUT2D eigenvalue weighted by molar-refractivity contribution is 6.11. The Morgan fingerprint density at radius 3 is 2.61 bits per heavy atom. The molecule has 0 spiro atoms. The van der Waals surface area contributed by atoms with E-state index in [-0.39, 0.29) is 11.5 Å². The summed E-state index contributed by atoms with van der Waals surface area (Å²) < 4.78 is 31.6. The standard InChI is InChI=1S/C18H15F2NO2/c1-10-17(13-5-3-4-6-16(13)21-10)18(22)11(2)23-12-7-8-14(19)15(20)9-12/h3-9,11,21H,1-2H3/t11-/m0/s1. The van der Waals surface area contributed by atoms with Gasteiger partial charge in [-0.3, -0.25) is 4.79 Å². The lowest BCUT2D eigenvalue weighted by Gasteiger charge is -2.14. The van der Waals surface area contributed by atoms with E-state index in [0.717, 1.165) is 28.7 Å². The highest BCUT2D eigenvalue weighted by Gasteiger charge is 2.23. The minimum Gasteiger partial charge on any atom is -0.482 e. The summed E-state index contributed by atoms with van der Waals surface area (Å²) in [7, 11) is 0. The molecule has 0 radical (unpaired) electrons. The molecule has 0 amide bonds. The van der Waals surface area contributed by atoms with E-state index in [2.05, 4.69) is 4.98 Å². The van der Waals surface area contributed by atoms with Crippen molar-refractivity contribution in [2.45, 2.75) is 20.0 Å². The third kappa shape index (κ3) is 2.82. The lowest BCUT2D eigenvalue weighted by atomic mass is 10.0. The summed E-state index contributed by atoms with van der Waals surface area (Å²) >= 11 is 0. The highest BCUT2D eigenvalue weighted by atomic mass is 19.2. The Labute approximate surface area is 131 Å². The Kier molecular flexibility index (Phi) is 3.86. The zero-order valence-corrected chi connectivity index (χ0v) is 12.7. The summed E-state index contributed by atoms with van der Waals surface area (Å²) in [4.78, 5) is 15.8. The minimum absolute atomic E-state index is 0.113. The number of H-pyrrole nitrogens is 1. The lowest BCUT2D eigenvalue weighted by molar-refractivity contribution is 0.0818. The molecular formula is C18H15F2NO2. The van der Waals surface area contributed by atoms with Gasteiger partial charge in [0.1, 0.15) is 5.75 Å². The van der Waals surface area contributed by atoms with Crippen LogP contribution in [0, 0.1) is 18.6 Å². The topological polar surface area (TPSA) is 42.1 Å². The van der Waals surface area contributed by atoms with Crippen LogP contribution in [0.5, 0.6) is 5.75 Å². The Morgan fingerprint density at radius 1 is 1.13 bits per heavy atom. The van der Waals surface area contributed by atoms with E-state index in [1.54, 1.807) is 6.92 Å². The summed E-state index contributed by atoms with van der Waals surface area (Å²) in [6.45, 7) is 3.41. The van der Waals surface area contributed by atoms with Crippen molar-refractivity contribution in [2.75, 3.05) is 0 Å². The van der Waals surface area contributed by atoms with Crippen LogP contribution < -0.4 is 4.74 Å². The van der Waals surface area contributed by atoms with Crippen LogP contribution in [0.25, 0.3) is 10.9 Å². The molecule has 1 atom stereocenters. The zero-order valence-electron chi connectivity index (χ0n) is 12.7. The van der Waals surface area contributed by atoms with Gasteiger partial charge in [-0.25, -0.2) is 8.78 Å². The third-order valence-corrected chi connectivity index (χ3v) is 3.71. The van der Waals surface area contributed by atoms with Gasteiger partial charge in [0.2, 0.25) is 5.78 Å². The number of rotatable bonds is 4. The van der Waals surface area contributed by atoms with Gasteiger partial charge < -0.3 is 9.72 Å². The van der Waals surface area contributed by atoms with E-state index in [1.807, 2.05) is 31.2 Å². The van der Waals surface area contributed by atoms with Crippen LogP contribution in [0.15, 0.2) is 42.5 Å². The fraction of sp³-hybridized carbons (Fsp3) is 0.167. The smallest absolute Gasteiger partial charge is 0.205 e. The maximum Gasteiger partial charge on any atom is 0.205 e. The van der Waals surface area contributed by atoms with Crippen LogP contribution in [-0.2, 0) is 0 Å². The molecule has 0 aliphatic rings. The van der Waals surface area contributed by atoms with E-state index < -0.39 is 17.7 Å². The van der Waals surface area contributed by atoms with Crippen LogP contribution in [-0.4, -0.2) is 16.9 Å². The van der Waals surface area contributed by atoms with Crippen molar-refractivity contribution in [1.29, 1.82) is 0 Å². The fourth-order valence-corrected chi connectivity index (χ4v) is 2.61.